The summed E-state index contributed by atoms with van der Waals surface area (Å²) in [4.78, 5) is 7.38. The fourth-order valence-electron chi connectivity index (χ4n) is 3.03. The minimum atomic E-state index is 0.421. The molecule has 0 amide bonds. The number of aryl methyl sites for hydroxylation is 1. The Hall–Kier alpha value is -0.450. The summed E-state index contributed by atoms with van der Waals surface area (Å²) in [5.41, 5.74) is 1.15. The summed E-state index contributed by atoms with van der Waals surface area (Å²) >= 11 is 1.80. The maximum absolute atomic E-state index is 4.71. The van der Waals surface area contributed by atoms with Gasteiger partial charge in [-0.15, -0.1) is 11.3 Å². The molecule has 1 aromatic rings. The van der Waals surface area contributed by atoms with Crippen LogP contribution in [-0.4, -0.2) is 35.1 Å². The molecule has 4 heteroatoms. The highest BCUT2D eigenvalue weighted by atomic mass is 32.1. The van der Waals surface area contributed by atoms with Crippen molar-refractivity contribution in [2.45, 2.75) is 59.7 Å². The van der Waals surface area contributed by atoms with Crippen molar-refractivity contribution < 1.29 is 0 Å². The maximum atomic E-state index is 4.71. The molecule has 0 aromatic carbocycles. The predicted molar refractivity (Wildman–Crippen MR) is 87.2 cm³/mol. The van der Waals surface area contributed by atoms with Gasteiger partial charge in [-0.3, -0.25) is 4.90 Å². The molecule has 1 N–H and O–H groups in total. The van der Waals surface area contributed by atoms with E-state index in [0.29, 0.717) is 30.0 Å². The lowest BCUT2D eigenvalue weighted by Gasteiger charge is -2.46. The number of rotatable bonds is 4. The van der Waals surface area contributed by atoms with Gasteiger partial charge in [-0.2, -0.15) is 0 Å². The average Bonchev–Trinajstić information content (AvgIpc) is 2.83. The van der Waals surface area contributed by atoms with Gasteiger partial charge in [-0.05, 0) is 25.7 Å². The number of aromatic nitrogens is 1. The van der Waals surface area contributed by atoms with Crippen LogP contribution in [0.25, 0.3) is 0 Å². The second kappa shape index (κ2) is 6.54. The third-order valence-corrected chi connectivity index (χ3v) is 5.62. The molecule has 1 saturated heterocycles. The number of hydrogen-bond acceptors (Lipinski definition) is 4. The lowest BCUT2D eigenvalue weighted by molar-refractivity contribution is 0.0512. The first-order valence-corrected chi connectivity index (χ1v) is 8.69. The number of thiazole rings is 1. The topological polar surface area (TPSA) is 28.2 Å². The summed E-state index contributed by atoms with van der Waals surface area (Å²) in [6.45, 7) is 15.9. The minimum Gasteiger partial charge on any atom is -0.311 e. The Morgan fingerprint density at radius 1 is 1.25 bits per heavy atom. The summed E-state index contributed by atoms with van der Waals surface area (Å²) in [6.07, 6.45) is 0. The molecular formula is C16H29N3S. The third kappa shape index (κ3) is 3.41. The molecule has 3 unspecified atom stereocenters. The Morgan fingerprint density at radius 3 is 2.45 bits per heavy atom. The van der Waals surface area contributed by atoms with Gasteiger partial charge in [0.05, 0.1) is 6.04 Å². The van der Waals surface area contributed by atoms with Crippen LogP contribution in [0.15, 0.2) is 5.38 Å². The molecule has 0 aliphatic carbocycles. The first-order chi connectivity index (χ1) is 9.40. The highest BCUT2D eigenvalue weighted by molar-refractivity contribution is 7.09. The van der Waals surface area contributed by atoms with Crippen molar-refractivity contribution in [2.75, 3.05) is 13.1 Å². The van der Waals surface area contributed by atoms with Gasteiger partial charge in [-0.25, -0.2) is 4.98 Å². The van der Waals surface area contributed by atoms with Crippen LogP contribution in [0, 0.1) is 18.8 Å². The number of piperazine rings is 1. The number of nitrogens with zero attached hydrogens (tertiary/aromatic N) is 2. The first kappa shape index (κ1) is 15.9. The highest BCUT2D eigenvalue weighted by Crippen LogP contribution is 2.30. The molecule has 0 radical (unpaired) electrons. The monoisotopic (exact) mass is 295 g/mol. The van der Waals surface area contributed by atoms with E-state index in [-0.39, 0.29) is 0 Å². The van der Waals surface area contributed by atoms with Crippen LogP contribution in [0.1, 0.15) is 51.4 Å². The summed E-state index contributed by atoms with van der Waals surface area (Å²) in [5.74, 6) is 1.34. The lowest BCUT2D eigenvalue weighted by atomic mass is 9.93. The molecule has 0 saturated carbocycles. The molecule has 2 heterocycles. The van der Waals surface area contributed by atoms with Gasteiger partial charge in [0.2, 0.25) is 0 Å². The summed E-state index contributed by atoms with van der Waals surface area (Å²) < 4.78 is 0. The van der Waals surface area contributed by atoms with Gasteiger partial charge in [0, 0.05) is 36.2 Å². The molecule has 20 heavy (non-hydrogen) atoms. The molecule has 114 valence electrons. The zero-order chi connectivity index (χ0) is 14.9. The minimum absolute atomic E-state index is 0.421. The molecule has 3 nitrogen and oxygen atoms in total. The molecule has 2 rings (SSSR count). The van der Waals surface area contributed by atoms with E-state index in [2.05, 4.69) is 57.1 Å². The lowest BCUT2D eigenvalue weighted by Crippen LogP contribution is -2.60. The second-order valence-corrected chi connectivity index (χ2v) is 7.66. The standard InChI is InChI=1S/C16H29N3S/c1-10(2)14-8-19(15(7-17-14)11(3)4)13(6)16-18-12(5)9-20-16/h9-11,13-15,17H,7-8H2,1-6H3. The summed E-state index contributed by atoms with van der Waals surface area (Å²) in [6, 6.07) is 1.61. The SMILES string of the molecule is Cc1csc(C(C)N2CC(C(C)C)NCC2C(C)C)n1. The van der Waals surface area contributed by atoms with Crippen LogP contribution in [0.2, 0.25) is 0 Å². The normalized spacial score (nSPS) is 26.4. The fourth-order valence-corrected chi connectivity index (χ4v) is 3.91. The van der Waals surface area contributed by atoms with E-state index in [0.717, 1.165) is 18.8 Å². The summed E-state index contributed by atoms with van der Waals surface area (Å²) in [5, 5.41) is 7.16. The second-order valence-electron chi connectivity index (χ2n) is 6.77. The summed E-state index contributed by atoms with van der Waals surface area (Å²) in [7, 11) is 0. The van der Waals surface area contributed by atoms with Crippen LogP contribution in [0.3, 0.4) is 0 Å². The largest absolute Gasteiger partial charge is 0.311 e. The molecule has 0 spiro atoms. The molecule has 1 aliphatic rings. The van der Waals surface area contributed by atoms with Crippen LogP contribution in [0.5, 0.6) is 0 Å². The molecule has 1 fully saturated rings. The van der Waals surface area contributed by atoms with E-state index < -0.39 is 0 Å². The van der Waals surface area contributed by atoms with Gasteiger partial charge < -0.3 is 5.32 Å². The van der Waals surface area contributed by atoms with E-state index in [4.69, 9.17) is 4.98 Å². The molecule has 1 aliphatic heterocycles. The fraction of sp³-hybridized carbons (Fsp3) is 0.812. The Bertz CT molecular complexity index is 427. The zero-order valence-corrected chi connectivity index (χ0v) is 14.5. The van der Waals surface area contributed by atoms with Crippen molar-refractivity contribution in [3.8, 4) is 0 Å². The number of nitrogens with one attached hydrogen (secondary N) is 1. The smallest absolute Gasteiger partial charge is 0.110 e. The van der Waals surface area contributed by atoms with Gasteiger partial charge in [0.15, 0.2) is 0 Å². The molecular weight excluding hydrogens is 266 g/mol. The van der Waals surface area contributed by atoms with Crippen molar-refractivity contribution >= 4 is 11.3 Å². The van der Waals surface area contributed by atoms with E-state index >= 15 is 0 Å². The van der Waals surface area contributed by atoms with Crippen LogP contribution in [-0.2, 0) is 0 Å². The maximum Gasteiger partial charge on any atom is 0.110 e. The molecule has 1 aromatic heterocycles. The third-order valence-electron chi connectivity index (χ3n) is 4.49. The van der Waals surface area contributed by atoms with Gasteiger partial charge in [0.1, 0.15) is 5.01 Å². The van der Waals surface area contributed by atoms with Crippen molar-refractivity contribution in [3.63, 3.8) is 0 Å². The Kier molecular flexibility index (Phi) is 5.21. The van der Waals surface area contributed by atoms with Crippen molar-refractivity contribution in [2.24, 2.45) is 11.8 Å². The predicted octanol–water partition coefficient (Wildman–Crippen LogP) is 3.47. The van der Waals surface area contributed by atoms with Gasteiger partial charge in [-0.1, -0.05) is 27.7 Å². The zero-order valence-electron chi connectivity index (χ0n) is 13.7. The van der Waals surface area contributed by atoms with E-state index in [1.807, 2.05) is 0 Å². The van der Waals surface area contributed by atoms with E-state index in [1.165, 1.54) is 5.01 Å². The Morgan fingerprint density at radius 2 is 1.95 bits per heavy atom. The molecule has 0 bridgehead atoms. The number of hydrogen-bond donors (Lipinski definition) is 1. The van der Waals surface area contributed by atoms with Gasteiger partial charge >= 0.3 is 0 Å². The van der Waals surface area contributed by atoms with Crippen LogP contribution < -0.4 is 5.32 Å². The van der Waals surface area contributed by atoms with Gasteiger partial charge in [0.25, 0.3) is 0 Å². The van der Waals surface area contributed by atoms with Crippen molar-refractivity contribution in [1.29, 1.82) is 0 Å². The quantitative estimate of drug-likeness (QED) is 0.922. The Balaban J connectivity index is 2.18. The molecule has 3 atom stereocenters. The first-order valence-electron chi connectivity index (χ1n) is 7.81. The van der Waals surface area contributed by atoms with E-state index in [1.54, 1.807) is 11.3 Å². The van der Waals surface area contributed by atoms with Crippen LogP contribution >= 0.6 is 11.3 Å². The average molecular weight is 295 g/mol. The highest BCUT2D eigenvalue weighted by Gasteiger charge is 2.35. The Labute approximate surface area is 127 Å². The van der Waals surface area contributed by atoms with Crippen molar-refractivity contribution in [1.82, 2.24) is 15.2 Å². The van der Waals surface area contributed by atoms with Crippen molar-refractivity contribution in [3.05, 3.63) is 16.1 Å². The van der Waals surface area contributed by atoms with E-state index in [9.17, 15) is 0 Å². The van der Waals surface area contributed by atoms with Crippen LogP contribution in [0.4, 0.5) is 0 Å².